The second kappa shape index (κ2) is 7.51. The Balaban J connectivity index is 2.58. The Morgan fingerprint density at radius 3 is 2.26 bits per heavy atom. The fourth-order valence-electron chi connectivity index (χ4n) is 2.38. The first kappa shape index (κ1) is 20.6. The molecule has 0 radical (unpaired) electrons. The van der Waals surface area contributed by atoms with Crippen LogP contribution in [0.25, 0.3) is 0 Å². The van der Waals surface area contributed by atoms with E-state index in [2.05, 4.69) is 9.47 Å². The van der Waals surface area contributed by atoms with Crippen LogP contribution < -0.4 is 4.90 Å². The van der Waals surface area contributed by atoms with Crippen molar-refractivity contribution in [2.24, 2.45) is 0 Å². The van der Waals surface area contributed by atoms with Crippen molar-refractivity contribution < 1.29 is 45.8 Å². The second-order valence-corrected chi connectivity index (χ2v) is 5.34. The Bertz CT molecular complexity index is 775. The molecule has 0 aliphatic carbocycles. The van der Waals surface area contributed by atoms with E-state index in [1.807, 2.05) is 0 Å². The Morgan fingerprint density at radius 1 is 1.07 bits per heavy atom. The average molecular weight is 395 g/mol. The van der Waals surface area contributed by atoms with E-state index in [9.17, 15) is 31.5 Å². The van der Waals surface area contributed by atoms with Crippen molar-refractivity contribution in [3.8, 4) is 0 Å². The largest absolute Gasteiger partial charge is 0.466 e. The molecule has 0 amide bonds. The van der Waals surface area contributed by atoms with Gasteiger partial charge in [-0.2, -0.15) is 22.0 Å². The first-order valence-corrected chi connectivity index (χ1v) is 7.34. The van der Waals surface area contributed by atoms with Gasteiger partial charge in [0, 0.05) is 11.3 Å². The molecule has 0 aromatic heterocycles. The number of anilines is 1. The molecule has 0 N–H and O–H groups in total. The van der Waals surface area contributed by atoms with Gasteiger partial charge in [0.25, 0.3) is 0 Å². The van der Waals surface area contributed by atoms with Crippen molar-refractivity contribution in [3.05, 3.63) is 41.1 Å². The third kappa shape index (κ3) is 3.87. The fourth-order valence-corrected chi connectivity index (χ4v) is 2.38. The van der Waals surface area contributed by atoms with Crippen LogP contribution in [0.1, 0.15) is 5.56 Å². The molecule has 1 aliphatic heterocycles. The molecule has 11 heteroatoms. The van der Waals surface area contributed by atoms with E-state index in [1.165, 1.54) is 6.07 Å². The van der Waals surface area contributed by atoms with Crippen LogP contribution in [0.3, 0.4) is 0 Å². The number of hydrogen-bond donors (Lipinski definition) is 0. The van der Waals surface area contributed by atoms with Crippen LogP contribution >= 0.6 is 0 Å². The minimum atomic E-state index is -5.80. The summed E-state index contributed by atoms with van der Waals surface area (Å²) in [5.74, 6) is -7.05. The lowest BCUT2D eigenvalue weighted by Gasteiger charge is -2.32. The second-order valence-electron chi connectivity index (χ2n) is 5.34. The maximum atomic E-state index is 13.6. The Kier molecular flexibility index (Phi) is 5.73. The van der Waals surface area contributed by atoms with Crippen LogP contribution in [0.4, 0.5) is 27.6 Å². The van der Waals surface area contributed by atoms with Crippen molar-refractivity contribution in [1.82, 2.24) is 0 Å². The van der Waals surface area contributed by atoms with Gasteiger partial charge in [-0.3, -0.25) is 0 Å². The van der Waals surface area contributed by atoms with Crippen LogP contribution in [0, 0.1) is 0 Å². The minimum absolute atomic E-state index is 0.224. The molecule has 148 valence electrons. The lowest BCUT2D eigenvalue weighted by molar-refractivity contribution is -0.289. The number of hydrogen-bond acceptors (Lipinski definition) is 6. The highest BCUT2D eigenvalue weighted by atomic mass is 19.4. The number of esters is 2. The quantitative estimate of drug-likeness (QED) is 0.577. The van der Waals surface area contributed by atoms with Gasteiger partial charge in [-0.05, 0) is 12.1 Å². The number of halogens is 5. The SMILES string of the molecule is COC(=O)C1=C(C(=O)OC)N(c2cccc(C(F)(F)C(F)(F)F)c2)COC1. The normalized spacial score (nSPS) is 15.6. The summed E-state index contributed by atoms with van der Waals surface area (Å²) in [6.45, 7) is -0.710. The summed E-state index contributed by atoms with van der Waals surface area (Å²) >= 11 is 0. The van der Waals surface area contributed by atoms with E-state index in [0.717, 1.165) is 25.2 Å². The van der Waals surface area contributed by atoms with Crippen molar-refractivity contribution >= 4 is 17.6 Å². The molecule has 1 heterocycles. The van der Waals surface area contributed by atoms with E-state index in [4.69, 9.17) is 4.74 Å². The molecule has 1 aromatic rings. The van der Waals surface area contributed by atoms with Crippen molar-refractivity contribution in [2.75, 3.05) is 32.5 Å². The van der Waals surface area contributed by atoms with Crippen LogP contribution in [-0.4, -0.2) is 45.7 Å². The third-order valence-electron chi connectivity index (χ3n) is 3.71. The summed E-state index contributed by atoms with van der Waals surface area (Å²) < 4.78 is 79.4. The molecule has 2 rings (SSSR count). The highest BCUT2D eigenvalue weighted by molar-refractivity contribution is 6.03. The molecule has 0 saturated carbocycles. The maximum Gasteiger partial charge on any atom is 0.458 e. The number of rotatable bonds is 4. The smallest absolute Gasteiger partial charge is 0.458 e. The number of ether oxygens (including phenoxy) is 3. The predicted octanol–water partition coefficient (Wildman–Crippen LogP) is 2.73. The number of alkyl halides is 5. The van der Waals surface area contributed by atoms with Crippen LogP contribution in [-0.2, 0) is 29.7 Å². The van der Waals surface area contributed by atoms with Gasteiger partial charge >= 0.3 is 24.0 Å². The lowest BCUT2D eigenvalue weighted by atomic mass is 10.1. The average Bonchev–Trinajstić information content (AvgIpc) is 2.65. The first-order chi connectivity index (χ1) is 12.5. The molecule has 0 fully saturated rings. The summed E-state index contributed by atoms with van der Waals surface area (Å²) in [6, 6.07) is 3.30. The Morgan fingerprint density at radius 2 is 1.70 bits per heavy atom. The van der Waals surface area contributed by atoms with Crippen molar-refractivity contribution in [1.29, 1.82) is 0 Å². The fraction of sp³-hybridized carbons (Fsp3) is 0.375. The molecule has 0 atom stereocenters. The molecule has 0 unspecified atom stereocenters. The zero-order valence-electron chi connectivity index (χ0n) is 14.1. The predicted molar refractivity (Wildman–Crippen MR) is 80.7 cm³/mol. The van der Waals surface area contributed by atoms with Crippen molar-refractivity contribution in [2.45, 2.75) is 12.1 Å². The minimum Gasteiger partial charge on any atom is -0.466 e. The first-order valence-electron chi connectivity index (χ1n) is 7.34. The number of carbonyl (C=O) groups excluding carboxylic acids is 2. The maximum absolute atomic E-state index is 13.6. The molecule has 0 spiro atoms. The number of benzene rings is 1. The van der Waals surface area contributed by atoms with Crippen LogP contribution in [0.15, 0.2) is 35.5 Å². The van der Waals surface area contributed by atoms with Gasteiger partial charge in [0.2, 0.25) is 0 Å². The Hall–Kier alpha value is -2.69. The van der Waals surface area contributed by atoms with Gasteiger partial charge in [-0.15, -0.1) is 0 Å². The van der Waals surface area contributed by atoms with E-state index < -0.39 is 29.6 Å². The van der Waals surface area contributed by atoms with Crippen LogP contribution in [0.2, 0.25) is 0 Å². The molecule has 27 heavy (non-hydrogen) atoms. The monoisotopic (exact) mass is 395 g/mol. The van der Waals surface area contributed by atoms with Gasteiger partial charge < -0.3 is 19.1 Å². The summed E-state index contributed by atoms with van der Waals surface area (Å²) in [5.41, 5.74) is -2.19. The van der Waals surface area contributed by atoms with Gasteiger partial charge in [0.1, 0.15) is 12.4 Å². The standard InChI is InChI=1S/C16H14F5NO5/c1-25-13(23)11-7-27-8-22(12(11)14(24)26-2)10-5-3-4-9(6-10)15(17,18)16(19,20)21/h3-6H,7-8H2,1-2H3. The van der Waals surface area contributed by atoms with E-state index in [-0.39, 0.29) is 30.3 Å². The van der Waals surface area contributed by atoms with Crippen molar-refractivity contribution in [3.63, 3.8) is 0 Å². The van der Waals surface area contributed by atoms with Gasteiger partial charge in [-0.25, -0.2) is 9.59 Å². The molecule has 0 saturated heterocycles. The Labute approximate surface area is 150 Å². The van der Waals surface area contributed by atoms with Gasteiger partial charge in [0.05, 0.1) is 26.4 Å². The number of methoxy groups -OCH3 is 2. The molecular formula is C16H14F5NO5. The van der Waals surface area contributed by atoms with E-state index in [0.29, 0.717) is 12.1 Å². The topological polar surface area (TPSA) is 65.1 Å². The summed E-state index contributed by atoms with van der Waals surface area (Å²) in [6.07, 6.45) is -5.80. The van der Waals surface area contributed by atoms with Gasteiger partial charge in [-0.1, -0.05) is 12.1 Å². The number of carbonyl (C=O) groups is 2. The molecule has 1 aliphatic rings. The summed E-state index contributed by atoms with van der Waals surface area (Å²) in [5, 5.41) is 0. The highest BCUT2D eigenvalue weighted by Gasteiger charge is 2.58. The van der Waals surface area contributed by atoms with Crippen LogP contribution in [0.5, 0.6) is 0 Å². The van der Waals surface area contributed by atoms with E-state index >= 15 is 0 Å². The molecule has 0 bridgehead atoms. The highest BCUT2D eigenvalue weighted by Crippen LogP contribution is 2.44. The number of nitrogens with zero attached hydrogens (tertiary/aromatic N) is 1. The molecule has 6 nitrogen and oxygen atoms in total. The zero-order valence-corrected chi connectivity index (χ0v) is 14.1. The van der Waals surface area contributed by atoms with Gasteiger partial charge in [0.15, 0.2) is 0 Å². The zero-order chi connectivity index (χ0) is 20.4. The summed E-state index contributed by atoms with van der Waals surface area (Å²) in [7, 11) is 2.07. The molecular weight excluding hydrogens is 381 g/mol. The van der Waals surface area contributed by atoms with E-state index in [1.54, 1.807) is 0 Å². The molecule has 1 aromatic carbocycles. The lowest BCUT2D eigenvalue weighted by Crippen LogP contribution is -2.39. The third-order valence-corrected chi connectivity index (χ3v) is 3.71. The summed E-state index contributed by atoms with van der Waals surface area (Å²) in [4.78, 5) is 24.9.